The van der Waals surface area contributed by atoms with Gasteiger partial charge in [0.05, 0.1) is 5.41 Å². The third kappa shape index (κ3) is 6.36. The third-order valence-electron chi connectivity index (χ3n) is 12.8. The summed E-state index contributed by atoms with van der Waals surface area (Å²) in [6.07, 6.45) is 0. The first-order valence-corrected chi connectivity index (χ1v) is 21.3. The molecule has 0 atom stereocenters. The van der Waals surface area contributed by atoms with E-state index >= 15 is 0 Å². The molecule has 296 valence electrons. The van der Waals surface area contributed by atoms with Crippen molar-refractivity contribution in [3.8, 4) is 56.4 Å². The van der Waals surface area contributed by atoms with Gasteiger partial charge in [-0.1, -0.05) is 204 Å². The Balaban J connectivity index is 1.31. The zero-order valence-corrected chi connectivity index (χ0v) is 37.0. The molecule has 6 aromatic carbocycles. The van der Waals surface area contributed by atoms with Gasteiger partial charge in [-0.3, -0.25) is 0 Å². The van der Waals surface area contributed by atoms with Gasteiger partial charge < -0.3 is 0 Å². The Hall–Kier alpha value is -5.67. The largest absolute Gasteiger partial charge is 0.208 e. The van der Waals surface area contributed by atoms with E-state index in [9.17, 15) is 0 Å². The molecule has 0 bridgehead atoms. The van der Waals surface area contributed by atoms with Gasteiger partial charge in [-0.15, -0.1) is 0 Å². The predicted octanol–water partition coefficient (Wildman–Crippen LogP) is 14.4. The Morgan fingerprint density at radius 2 is 0.627 bits per heavy atom. The molecule has 3 heteroatoms. The van der Waals surface area contributed by atoms with E-state index in [2.05, 4.69) is 210 Å². The highest BCUT2D eigenvalue weighted by atomic mass is 15.0. The van der Waals surface area contributed by atoms with Crippen molar-refractivity contribution in [3.05, 3.63) is 172 Å². The van der Waals surface area contributed by atoms with Gasteiger partial charge in [0.25, 0.3) is 0 Å². The van der Waals surface area contributed by atoms with Crippen LogP contribution in [0.3, 0.4) is 0 Å². The van der Waals surface area contributed by atoms with Crippen LogP contribution in [0, 0.1) is 0 Å². The standard InChI is InChI=1S/C56H57N3/c1-52(2,3)37-22-17-34(18-23-37)49-57-50(35-19-24-38(25-20-35)53(4,5)6)59-51(58-49)36-21-28-42-41-15-13-14-16-45(41)56(46(42)31-36)47-32-39(54(7,8)9)26-29-43(47)44-30-27-40(33-48(44)56)55(10,11)12/h13-33H,1-12H3. The molecule has 0 unspecified atom stereocenters. The Morgan fingerprint density at radius 1 is 0.305 bits per heavy atom. The molecule has 0 saturated heterocycles. The van der Waals surface area contributed by atoms with E-state index in [1.165, 1.54) is 66.8 Å². The molecular weight excluding hydrogens is 715 g/mol. The van der Waals surface area contributed by atoms with Crippen molar-refractivity contribution in [1.82, 2.24) is 15.0 Å². The number of rotatable bonds is 3. The minimum absolute atomic E-state index is 0.0157. The molecule has 0 N–H and O–H groups in total. The van der Waals surface area contributed by atoms with Gasteiger partial charge in [0.2, 0.25) is 0 Å². The molecule has 1 heterocycles. The Kier molecular flexibility index (Phi) is 8.66. The Morgan fingerprint density at radius 3 is 1.05 bits per heavy atom. The van der Waals surface area contributed by atoms with Crippen molar-refractivity contribution in [2.45, 2.75) is 110 Å². The van der Waals surface area contributed by atoms with Gasteiger partial charge in [-0.25, -0.2) is 15.0 Å². The van der Waals surface area contributed by atoms with Crippen LogP contribution in [-0.4, -0.2) is 15.0 Å². The van der Waals surface area contributed by atoms with E-state index in [0.29, 0.717) is 17.5 Å². The fourth-order valence-corrected chi connectivity index (χ4v) is 9.26. The molecule has 0 fully saturated rings. The number of hydrogen-bond donors (Lipinski definition) is 0. The predicted molar refractivity (Wildman–Crippen MR) is 247 cm³/mol. The van der Waals surface area contributed by atoms with Crippen LogP contribution in [0.4, 0.5) is 0 Å². The summed E-state index contributed by atoms with van der Waals surface area (Å²) >= 11 is 0. The molecular formula is C56H57N3. The summed E-state index contributed by atoms with van der Waals surface area (Å²) in [5, 5.41) is 0. The first kappa shape index (κ1) is 38.8. The van der Waals surface area contributed by atoms with Crippen LogP contribution in [0.2, 0.25) is 0 Å². The molecule has 2 aliphatic carbocycles. The highest BCUT2D eigenvalue weighted by Crippen LogP contribution is 2.63. The monoisotopic (exact) mass is 771 g/mol. The first-order chi connectivity index (χ1) is 27.7. The van der Waals surface area contributed by atoms with Crippen LogP contribution in [0.1, 0.15) is 128 Å². The van der Waals surface area contributed by atoms with E-state index in [0.717, 1.165) is 16.7 Å². The van der Waals surface area contributed by atoms with Crippen molar-refractivity contribution in [3.63, 3.8) is 0 Å². The second-order valence-corrected chi connectivity index (χ2v) is 21.0. The maximum Gasteiger partial charge on any atom is 0.164 e. The van der Waals surface area contributed by atoms with E-state index in [1.807, 2.05) is 0 Å². The molecule has 1 aromatic heterocycles. The molecule has 3 nitrogen and oxygen atoms in total. The summed E-state index contributed by atoms with van der Waals surface area (Å²) in [4.78, 5) is 15.8. The van der Waals surface area contributed by atoms with Crippen LogP contribution in [0.15, 0.2) is 127 Å². The highest BCUT2D eigenvalue weighted by molar-refractivity contribution is 5.96. The van der Waals surface area contributed by atoms with Gasteiger partial charge in [-0.2, -0.15) is 0 Å². The average Bonchev–Trinajstić information content (AvgIpc) is 3.66. The number of aromatic nitrogens is 3. The quantitative estimate of drug-likeness (QED) is 0.180. The molecule has 0 radical (unpaired) electrons. The van der Waals surface area contributed by atoms with Crippen LogP contribution >= 0.6 is 0 Å². The summed E-state index contributed by atoms with van der Waals surface area (Å²) in [6, 6.07) is 47.9. The number of benzene rings is 6. The lowest BCUT2D eigenvalue weighted by Crippen LogP contribution is -2.27. The minimum atomic E-state index is -0.514. The molecule has 0 amide bonds. The van der Waals surface area contributed by atoms with E-state index in [4.69, 9.17) is 15.0 Å². The van der Waals surface area contributed by atoms with Crippen molar-refractivity contribution in [2.24, 2.45) is 0 Å². The lowest BCUT2D eigenvalue weighted by Gasteiger charge is -2.33. The lowest BCUT2D eigenvalue weighted by molar-refractivity contribution is 0.586. The summed E-state index contributed by atoms with van der Waals surface area (Å²) in [5.74, 6) is 2.01. The molecule has 9 rings (SSSR count). The van der Waals surface area contributed by atoms with Gasteiger partial charge in [0.1, 0.15) is 0 Å². The fraction of sp³-hybridized carbons (Fsp3) is 0.304. The number of nitrogens with zero attached hydrogens (tertiary/aromatic N) is 3. The lowest BCUT2D eigenvalue weighted by atomic mass is 9.68. The van der Waals surface area contributed by atoms with Crippen LogP contribution in [0.25, 0.3) is 56.4 Å². The zero-order chi connectivity index (χ0) is 41.9. The normalized spacial score (nSPS) is 14.2. The molecule has 2 aliphatic rings. The highest BCUT2D eigenvalue weighted by Gasteiger charge is 2.52. The van der Waals surface area contributed by atoms with E-state index < -0.39 is 5.41 Å². The molecule has 1 spiro atoms. The van der Waals surface area contributed by atoms with Crippen LogP contribution in [-0.2, 0) is 27.1 Å². The van der Waals surface area contributed by atoms with E-state index in [1.54, 1.807) is 0 Å². The van der Waals surface area contributed by atoms with Gasteiger partial charge in [0, 0.05) is 16.7 Å². The second-order valence-electron chi connectivity index (χ2n) is 21.0. The van der Waals surface area contributed by atoms with Crippen LogP contribution < -0.4 is 0 Å². The third-order valence-corrected chi connectivity index (χ3v) is 12.8. The zero-order valence-electron chi connectivity index (χ0n) is 37.0. The maximum atomic E-state index is 5.30. The number of hydrogen-bond acceptors (Lipinski definition) is 3. The van der Waals surface area contributed by atoms with Gasteiger partial charge in [0.15, 0.2) is 17.5 Å². The number of fused-ring (bicyclic) bond motifs is 10. The topological polar surface area (TPSA) is 38.7 Å². The van der Waals surface area contributed by atoms with Crippen molar-refractivity contribution < 1.29 is 0 Å². The molecule has 59 heavy (non-hydrogen) atoms. The summed E-state index contributed by atoms with van der Waals surface area (Å²) in [6.45, 7) is 27.4. The maximum absolute atomic E-state index is 5.30. The SMILES string of the molecule is CC(C)(C)c1ccc(-c2nc(-c3ccc(C(C)(C)C)cc3)nc(-c3ccc4c(c3)C3(c5ccccc5-4)c4cc(C(C)(C)C)ccc4-c4ccc(C(C)(C)C)cc43)n2)cc1. The second kappa shape index (κ2) is 13.2. The van der Waals surface area contributed by atoms with Crippen molar-refractivity contribution in [1.29, 1.82) is 0 Å². The minimum Gasteiger partial charge on any atom is -0.208 e. The summed E-state index contributed by atoms with van der Waals surface area (Å²) < 4.78 is 0. The van der Waals surface area contributed by atoms with Gasteiger partial charge in [-0.05, 0) is 94.5 Å². The molecule has 0 aliphatic heterocycles. The van der Waals surface area contributed by atoms with Crippen molar-refractivity contribution in [2.75, 3.05) is 0 Å². The Labute approximate surface area is 352 Å². The smallest absolute Gasteiger partial charge is 0.164 e. The molecule has 7 aromatic rings. The fourth-order valence-electron chi connectivity index (χ4n) is 9.26. The summed E-state index contributed by atoms with van der Waals surface area (Å²) in [7, 11) is 0. The first-order valence-electron chi connectivity index (χ1n) is 21.3. The van der Waals surface area contributed by atoms with Crippen molar-refractivity contribution >= 4 is 0 Å². The van der Waals surface area contributed by atoms with Crippen LogP contribution in [0.5, 0.6) is 0 Å². The summed E-state index contributed by atoms with van der Waals surface area (Å²) in [5.41, 5.74) is 18.2. The Bertz CT molecular complexity index is 2640. The van der Waals surface area contributed by atoms with E-state index in [-0.39, 0.29) is 21.7 Å². The average molecular weight is 772 g/mol. The molecule has 0 saturated carbocycles. The van der Waals surface area contributed by atoms with Gasteiger partial charge >= 0.3 is 0 Å².